The molecule has 2 aliphatic rings. The fraction of sp³-hybridized carbons (Fsp3) is 0.533. The minimum atomic E-state index is 0. The number of hydrogen-bond acceptors (Lipinski definition) is 5. The molecule has 23 heavy (non-hydrogen) atoms. The molecule has 0 amide bonds. The lowest BCUT2D eigenvalue weighted by atomic mass is 10.0. The van der Waals surface area contributed by atoms with Crippen LogP contribution in [0.15, 0.2) is 23.2 Å². The number of guanidine groups is 1. The second-order valence-corrected chi connectivity index (χ2v) is 5.57. The van der Waals surface area contributed by atoms with Gasteiger partial charge in [0, 0.05) is 38.6 Å². The molecule has 1 aromatic carbocycles. The summed E-state index contributed by atoms with van der Waals surface area (Å²) in [5, 5.41) is 6.68. The average molecular weight is 433 g/mol. The van der Waals surface area contributed by atoms with Gasteiger partial charge in [-0.25, -0.2) is 0 Å². The van der Waals surface area contributed by atoms with E-state index in [0.717, 1.165) is 36.1 Å². The Hall–Kier alpha value is -1.26. The van der Waals surface area contributed by atoms with Crippen molar-refractivity contribution in [2.45, 2.75) is 19.5 Å². The summed E-state index contributed by atoms with van der Waals surface area (Å²) in [6, 6.07) is 6.42. The van der Waals surface area contributed by atoms with Crippen LogP contribution in [0.2, 0.25) is 0 Å². The van der Waals surface area contributed by atoms with Crippen LogP contribution in [0.5, 0.6) is 11.5 Å². The van der Waals surface area contributed by atoms with E-state index in [4.69, 9.17) is 9.47 Å². The zero-order valence-electron chi connectivity index (χ0n) is 13.4. The molecule has 1 aromatic rings. The Kier molecular flexibility index (Phi) is 6.72. The quantitative estimate of drug-likeness (QED) is 0.320. The van der Waals surface area contributed by atoms with Crippen molar-refractivity contribution in [2.75, 3.05) is 26.9 Å². The number of nitrogens with one attached hydrogen (secondary N) is 4. The summed E-state index contributed by atoms with van der Waals surface area (Å²) in [5.74, 6) is 2.96. The van der Waals surface area contributed by atoms with Gasteiger partial charge in [0.05, 0.1) is 0 Å². The zero-order valence-corrected chi connectivity index (χ0v) is 15.7. The first-order valence-electron chi connectivity index (χ1n) is 7.57. The zero-order chi connectivity index (χ0) is 15.4. The van der Waals surface area contributed by atoms with E-state index < -0.39 is 0 Å². The molecular formula is C15H24IN5O2. The van der Waals surface area contributed by atoms with Gasteiger partial charge in [0.1, 0.15) is 0 Å². The van der Waals surface area contributed by atoms with Crippen molar-refractivity contribution in [1.82, 2.24) is 21.5 Å². The van der Waals surface area contributed by atoms with Crippen LogP contribution < -0.4 is 31.0 Å². The van der Waals surface area contributed by atoms with Gasteiger partial charge in [0.2, 0.25) is 6.79 Å². The fourth-order valence-corrected chi connectivity index (χ4v) is 2.58. The number of benzene rings is 1. The topological polar surface area (TPSA) is 78.9 Å². The first kappa shape index (κ1) is 18.1. The minimum Gasteiger partial charge on any atom is -0.454 e. The summed E-state index contributed by atoms with van der Waals surface area (Å²) in [6.07, 6.45) is 0. The van der Waals surface area contributed by atoms with Crippen molar-refractivity contribution >= 4 is 29.9 Å². The molecule has 3 rings (SSSR count). The van der Waals surface area contributed by atoms with Gasteiger partial charge in [0.15, 0.2) is 17.5 Å². The molecule has 2 aliphatic heterocycles. The Bertz CT molecular complexity index is 555. The number of halogens is 1. The van der Waals surface area contributed by atoms with Crippen LogP contribution in [-0.2, 0) is 6.54 Å². The average Bonchev–Trinajstić information content (AvgIpc) is 3.15. The van der Waals surface area contributed by atoms with Gasteiger partial charge < -0.3 is 20.1 Å². The molecule has 0 aliphatic carbocycles. The van der Waals surface area contributed by atoms with Crippen LogP contribution in [-0.4, -0.2) is 38.9 Å². The van der Waals surface area contributed by atoms with Gasteiger partial charge >= 0.3 is 0 Å². The number of nitrogens with zero attached hydrogens (tertiary/aromatic N) is 1. The molecule has 1 saturated heterocycles. The lowest BCUT2D eigenvalue weighted by molar-refractivity contribution is 0.174. The molecule has 8 heteroatoms. The van der Waals surface area contributed by atoms with Gasteiger partial charge in [-0.2, -0.15) is 0 Å². The van der Waals surface area contributed by atoms with Crippen molar-refractivity contribution in [1.29, 1.82) is 0 Å². The highest BCUT2D eigenvalue weighted by Gasteiger charge is 2.22. The van der Waals surface area contributed by atoms with Crippen molar-refractivity contribution in [3.05, 3.63) is 23.8 Å². The number of aliphatic imine (C=N–C) groups is 1. The lowest BCUT2D eigenvalue weighted by Gasteiger charge is -2.17. The van der Waals surface area contributed by atoms with Crippen molar-refractivity contribution in [3.8, 4) is 11.5 Å². The van der Waals surface area contributed by atoms with Crippen LogP contribution in [0.1, 0.15) is 12.5 Å². The number of fused-ring (bicyclic) bond motifs is 1. The normalized spacial score (nSPS) is 22.6. The molecule has 2 unspecified atom stereocenters. The van der Waals surface area contributed by atoms with Gasteiger partial charge in [-0.15, -0.1) is 24.0 Å². The van der Waals surface area contributed by atoms with Crippen LogP contribution in [0, 0.1) is 5.92 Å². The standard InChI is InChI=1S/C15H23N5O2.HI/c1-10-12(8-19-20-10)7-18-15(16-2)17-6-11-3-4-13-14(5-11)22-9-21-13;/h3-5,10,12,19-20H,6-9H2,1-2H3,(H2,16,17,18);1H. The van der Waals surface area contributed by atoms with E-state index in [1.165, 1.54) is 0 Å². The summed E-state index contributed by atoms with van der Waals surface area (Å²) in [4.78, 5) is 4.26. The Morgan fingerprint density at radius 1 is 1.30 bits per heavy atom. The molecule has 0 spiro atoms. The third-order valence-electron chi connectivity index (χ3n) is 4.05. The van der Waals surface area contributed by atoms with Crippen LogP contribution in [0.25, 0.3) is 0 Å². The second-order valence-electron chi connectivity index (χ2n) is 5.57. The van der Waals surface area contributed by atoms with Crippen molar-refractivity contribution in [2.24, 2.45) is 10.9 Å². The van der Waals surface area contributed by atoms with Gasteiger partial charge in [-0.1, -0.05) is 6.07 Å². The molecule has 0 bridgehead atoms. The van der Waals surface area contributed by atoms with Crippen molar-refractivity contribution < 1.29 is 9.47 Å². The first-order chi connectivity index (χ1) is 10.8. The highest BCUT2D eigenvalue weighted by Crippen LogP contribution is 2.32. The summed E-state index contributed by atoms with van der Waals surface area (Å²) in [7, 11) is 1.78. The molecule has 7 nitrogen and oxygen atoms in total. The summed E-state index contributed by atoms with van der Waals surface area (Å²) < 4.78 is 10.7. The van der Waals surface area contributed by atoms with E-state index in [9.17, 15) is 0 Å². The Morgan fingerprint density at radius 2 is 2.13 bits per heavy atom. The Balaban J connectivity index is 0.00000192. The first-order valence-corrected chi connectivity index (χ1v) is 7.57. The van der Waals surface area contributed by atoms with Crippen molar-refractivity contribution in [3.63, 3.8) is 0 Å². The minimum absolute atomic E-state index is 0. The maximum atomic E-state index is 5.39. The molecule has 4 N–H and O–H groups in total. The van der Waals surface area contributed by atoms with Gasteiger partial charge in [0.25, 0.3) is 0 Å². The lowest BCUT2D eigenvalue weighted by Crippen LogP contribution is -2.41. The van der Waals surface area contributed by atoms with Crippen LogP contribution >= 0.6 is 24.0 Å². The molecule has 0 radical (unpaired) electrons. The third-order valence-corrected chi connectivity index (χ3v) is 4.05. The molecular weight excluding hydrogens is 409 g/mol. The number of rotatable bonds is 4. The van der Waals surface area contributed by atoms with E-state index in [1.807, 2.05) is 18.2 Å². The number of ether oxygens (including phenoxy) is 2. The van der Waals surface area contributed by atoms with Crippen LogP contribution in [0.4, 0.5) is 0 Å². The molecule has 0 aromatic heterocycles. The number of hydrazine groups is 1. The van der Waals surface area contributed by atoms with E-state index in [0.29, 0.717) is 25.3 Å². The summed E-state index contributed by atoms with van der Waals surface area (Å²) in [5.41, 5.74) is 7.52. The summed E-state index contributed by atoms with van der Waals surface area (Å²) in [6.45, 7) is 5.01. The van der Waals surface area contributed by atoms with Gasteiger partial charge in [-0.3, -0.25) is 15.8 Å². The summed E-state index contributed by atoms with van der Waals surface area (Å²) >= 11 is 0. The largest absolute Gasteiger partial charge is 0.454 e. The second kappa shape index (κ2) is 8.55. The van der Waals surface area contributed by atoms with Gasteiger partial charge in [-0.05, 0) is 24.6 Å². The van der Waals surface area contributed by atoms with E-state index in [1.54, 1.807) is 7.05 Å². The monoisotopic (exact) mass is 433 g/mol. The predicted molar refractivity (Wildman–Crippen MR) is 100 cm³/mol. The molecule has 128 valence electrons. The maximum Gasteiger partial charge on any atom is 0.231 e. The van der Waals surface area contributed by atoms with Crippen LogP contribution in [0.3, 0.4) is 0 Å². The highest BCUT2D eigenvalue weighted by atomic mass is 127. The van der Waals surface area contributed by atoms with E-state index >= 15 is 0 Å². The van der Waals surface area contributed by atoms with E-state index in [2.05, 4.69) is 33.4 Å². The number of hydrogen-bond donors (Lipinski definition) is 4. The molecule has 2 atom stereocenters. The Morgan fingerprint density at radius 3 is 2.87 bits per heavy atom. The molecule has 1 fully saturated rings. The fourth-order valence-electron chi connectivity index (χ4n) is 2.58. The predicted octanol–water partition coefficient (Wildman–Crippen LogP) is 0.811. The third kappa shape index (κ3) is 4.61. The molecule has 0 saturated carbocycles. The smallest absolute Gasteiger partial charge is 0.231 e. The maximum absolute atomic E-state index is 5.39. The van der Waals surface area contributed by atoms with E-state index in [-0.39, 0.29) is 24.0 Å². The Labute approximate surface area is 153 Å². The molecule has 2 heterocycles. The SMILES string of the molecule is CN=C(NCc1ccc2c(c1)OCO2)NCC1CNNC1C.I. The highest BCUT2D eigenvalue weighted by molar-refractivity contribution is 14.0.